The van der Waals surface area contributed by atoms with Crippen molar-refractivity contribution in [3.05, 3.63) is 0 Å². The molecule has 0 aromatic carbocycles. The van der Waals surface area contributed by atoms with E-state index in [1.54, 1.807) is 0 Å². The van der Waals surface area contributed by atoms with Crippen LogP contribution in [-0.2, 0) is 14.3 Å². The zero-order valence-electron chi connectivity index (χ0n) is 8.74. The molecule has 0 saturated carbocycles. The highest BCUT2D eigenvalue weighted by molar-refractivity contribution is 6.15. The first-order chi connectivity index (χ1) is 6.00. The van der Waals surface area contributed by atoms with Gasteiger partial charge in [0, 0.05) is 12.9 Å². The van der Waals surface area contributed by atoms with E-state index in [4.69, 9.17) is 9.47 Å². The van der Waals surface area contributed by atoms with Crippen molar-refractivity contribution >= 4 is 21.7 Å². The molecule has 4 atom stereocenters. The summed E-state index contributed by atoms with van der Waals surface area (Å²) >= 11 is 0. The number of hydrogen-bond donors (Lipinski definition) is 0. The van der Waals surface area contributed by atoms with Crippen LogP contribution in [0.2, 0.25) is 5.82 Å². The Labute approximate surface area is 81.0 Å². The largest absolute Gasteiger partial charge is 0.460 e. The van der Waals surface area contributed by atoms with Gasteiger partial charge in [-0.25, -0.2) is 0 Å². The molecular formula is C8H16B2O3. The van der Waals surface area contributed by atoms with E-state index in [1.165, 1.54) is 6.92 Å². The van der Waals surface area contributed by atoms with Crippen LogP contribution < -0.4 is 0 Å². The van der Waals surface area contributed by atoms with Crippen LogP contribution in [0.15, 0.2) is 0 Å². The SMILES string of the molecule is BC1CC(B)C(OC(C)=O)C(C)O1. The van der Waals surface area contributed by atoms with Crippen LogP contribution in [-0.4, -0.2) is 39.9 Å². The van der Waals surface area contributed by atoms with Crippen LogP contribution in [0.1, 0.15) is 20.3 Å². The lowest BCUT2D eigenvalue weighted by molar-refractivity contribution is -0.161. The van der Waals surface area contributed by atoms with Crippen LogP contribution in [0.4, 0.5) is 0 Å². The van der Waals surface area contributed by atoms with E-state index in [-0.39, 0.29) is 24.2 Å². The lowest BCUT2D eigenvalue weighted by Gasteiger charge is -2.37. The van der Waals surface area contributed by atoms with E-state index in [2.05, 4.69) is 15.7 Å². The first-order valence-electron chi connectivity index (χ1n) is 4.83. The summed E-state index contributed by atoms with van der Waals surface area (Å²) in [6.07, 6.45) is 0.902. The third-order valence-electron chi connectivity index (χ3n) is 2.48. The number of esters is 1. The Morgan fingerprint density at radius 2 is 2.15 bits per heavy atom. The second-order valence-corrected chi connectivity index (χ2v) is 3.94. The highest BCUT2D eigenvalue weighted by Gasteiger charge is 2.33. The average Bonchev–Trinajstić information content (AvgIpc) is 1.96. The summed E-state index contributed by atoms with van der Waals surface area (Å²) in [5.41, 5.74) is 0. The smallest absolute Gasteiger partial charge is 0.302 e. The van der Waals surface area contributed by atoms with Gasteiger partial charge in [0.05, 0.1) is 6.10 Å². The summed E-state index contributed by atoms with van der Waals surface area (Å²) in [6, 6.07) is 0.275. The van der Waals surface area contributed by atoms with Gasteiger partial charge in [0.25, 0.3) is 0 Å². The molecule has 0 amide bonds. The lowest BCUT2D eigenvalue weighted by Crippen LogP contribution is -2.43. The Hall–Kier alpha value is -0.440. The van der Waals surface area contributed by atoms with Gasteiger partial charge in [-0.2, -0.15) is 0 Å². The molecule has 72 valence electrons. The minimum atomic E-state index is -0.221. The van der Waals surface area contributed by atoms with Gasteiger partial charge in [-0.3, -0.25) is 4.79 Å². The summed E-state index contributed by atoms with van der Waals surface area (Å²) < 4.78 is 10.8. The average molecular weight is 182 g/mol. The summed E-state index contributed by atoms with van der Waals surface area (Å²) in [6.45, 7) is 3.40. The lowest BCUT2D eigenvalue weighted by atomic mass is 9.71. The Morgan fingerprint density at radius 3 is 2.62 bits per heavy atom. The van der Waals surface area contributed by atoms with Crippen molar-refractivity contribution < 1.29 is 14.3 Å². The number of ether oxygens (including phenoxy) is 2. The topological polar surface area (TPSA) is 35.5 Å². The van der Waals surface area contributed by atoms with Gasteiger partial charge in [-0.15, -0.1) is 0 Å². The molecule has 1 heterocycles. The van der Waals surface area contributed by atoms with Gasteiger partial charge in [-0.1, -0.05) is 0 Å². The summed E-state index contributed by atoms with van der Waals surface area (Å²) in [5.74, 6) is 0.171. The normalized spacial score (nSPS) is 39.8. The van der Waals surface area contributed by atoms with Crippen molar-refractivity contribution in [1.29, 1.82) is 0 Å². The van der Waals surface area contributed by atoms with Crippen molar-refractivity contribution in [2.45, 2.75) is 44.3 Å². The Kier molecular flexibility index (Phi) is 3.42. The molecule has 1 saturated heterocycles. The fourth-order valence-corrected chi connectivity index (χ4v) is 2.02. The molecule has 5 heteroatoms. The molecule has 1 aliphatic rings. The maximum Gasteiger partial charge on any atom is 0.302 e. The van der Waals surface area contributed by atoms with Crippen molar-refractivity contribution in [2.24, 2.45) is 0 Å². The fourth-order valence-electron chi connectivity index (χ4n) is 2.02. The van der Waals surface area contributed by atoms with Crippen LogP contribution >= 0.6 is 0 Å². The molecule has 13 heavy (non-hydrogen) atoms. The first-order valence-corrected chi connectivity index (χ1v) is 4.83. The molecule has 0 aliphatic carbocycles. The molecule has 0 aromatic rings. The van der Waals surface area contributed by atoms with E-state index in [1.807, 2.05) is 6.92 Å². The Balaban J connectivity index is 2.56. The van der Waals surface area contributed by atoms with Gasteiger partial charge in [0.15, 0.2) is 0 Å². The molecule has 0 radical (unpaired) electrons. The molecule has 4 unspecified atom stereocenters. The molecule has 0 spiro atoms. The molecule has 0 bridgehead atoms. The number of carbonyl (C=O) groups excluding carboxylic acids is 1. The third-order valence-corrected chi connectivity index (χ3v) is 2.48. The minimum Gasteiger partial charge on any atom is -0.460 e. The molecule has 1 aliphatic heterocycles. The summed E-state index contributed by atoms with van der Waals surface area (Å²) in [7, 11) is 4.15. The number of hydrogen-bond acceptors (Lipinski definition) is 3. The highest BCUT2D eigenvalue weighted by atomic mass is 16.6. The zero-order chi connectivity index (χ0) is 10.0. The second kappa shape index (κ2) is 4.18. The van der Waals surface area contributed by atoms with Gasteiger partial charge >= 0.3 is 5.97 Å². The van der Waals surface area contributed by atoms with Crippen LogP contribution in [0, 0.1) is 0 Å². The van der Waals surface area contributed by atoms with Gasteiger partial charge in [-0.05, 0) is 19.2 Å². The molecule has 0 N–H and O–H groups in total. The van der Waals surface area contributed by atoms with Crippen molar-refractivity contribution in [1.82, 2.24) is 0 Å². The van der Waals surface area contributed by atoms with E-state index in [0.29, 0.717) is 5.82 Å². The van der Waals surface area contributed by atoms with Crippen molar-refractivity contribution in [3.8, 4) is 0 Å². The molecule has 3 nitrogen and oxygen atoms in total. The number of carbonyl (C=O) groups is 1. The first kappa shape index (κ1) is 10.6. The van der Waals surface area contributed by atoms with Gasteiger partial charge in [0.2, 0.25) is 0 Å². The molecule has 1 fully saturated rings. The Bertz CT molecular complexity index is 186. The van der Waals surface area contributed by atoms with E-state index >= 15 is 0 Å². The second-order valence-electron chi connectivity index (χ2n) is 3.94. The van der Waals surface area contributed by atoms with E-state index < -0.39 is 0 Å². The predicted octanol–water partition coefficient (Wildman–Crippen LogP) is -0.892. The van der Waals surface area contributed by atoms with Gasteiger partial charge < -0.3 is 9.47 Å². The van der Waals surface area contributed by atoms with Crippen LogP contribution in [0.5, 0.6) is 0 Å². The molecule has 0 aromatic heterocycles. The standard InChI is InChI=1S/C8H16B2O3/c1-4-8(13-5(2)11)6(9)3-7(10)12-4/h4,6-8H,3,9-10H2,1-2H3. The maximum absolute atomic E-state index is 10.8. The van der Waals surface area contributed by atoms with E-state index in [0.717, 1.165) is 6.42 Å². The molecular weight excluding hydrogens is 166 g/mol. The van der Waals surface area contributed by atoms with Crippen molar-refractivity contribution in [3.63, 3.8) is 0 Å². The van der Waals surface area contributed by atoms with E-state index in [9.17, 15) is 4.79 Å². The molecule has 1 rings (SSSR count). The summed E-state index contributed by atoms with van der Waals surface area (Å²) in [4.78, 5) is 10.8. The van der Waals surface area contributed by atoms with Crippen LogP contribution in [0.25, 0.3) is 0 Å². The number of rotatable bonds is 1. The fraction of sp³-hybridized carbons (Fsp3) is 0.875. The zero-order valence-corrected chi connectivity index (χ0v) is 8.74. The van der Waals surface area contributed by atoms with Crippen molar-refractivity contribution in [2.75, 3.05) is 0 Å². The monoisotopic (exact) mass is 182 g/mol. The Morgan fingerprint density at radius 1 is 1.54 bits per heavy atom. The quantitative estimate of drug-likeness (QED) is 0.389. The van der Waals surface area contributed by atoms with Crippen LogP contribution in [0.3, 0.4) is 0 Å². The predicted molar refractivity (Wildman–Crippen MR) is 55.3 cm³/mol. The highest BCUT2D eigenvalue weighted by Crippen LogP contribution is 2.28. The van der Waals surface area contributed by atoms with Gasteiger partial charge in [0.1, 0.15) is 21.8 Å². The summed E-state index contributed by atoms with van der Waals surface area (Å²) in [5, 5.41) is 0. The third kappa shape index (κ3) is 2.76. The maximum atomic E-state index is 10.8. The minimum absolute atomic E-state index is 0.0163.